The van der Waals surface area contributed by atoms with Crippen LogP contribution in [0.25, 0.3) is 6.08 Å². The standard InChI is InChI=1S/C31H37NO17/c1-45-19-6-12(2-4-17(19)46-30-27(41)25(39)23(37)20(10-33)48-30)3-5-22(36)32-14-9-18(16(35)8-13(14)7-15(32)29(43)44)47-31-28(42)26(40)24(38)21(11-34)49-31/h2-6,8-9,15,20-21,23-28,30-31,33-35,37-42H,7,10-11H2,1H3,(H,43,44)/b5-3+/t15-,20-,21-,23-,24-,25+,26+,27-,28-,30-,31-/m1/s1. The van der Waals surface area contributed by atoms with Crippen molar-refractivity contribution in [2.24, 2.45) is 0 Å². The number of aliphatic hydroxyl groups excluding tert-OH is 8. The molecule has 3 heterocycles. The average molecular weight is 696 g/mol. The van der Waals surface area contributed by atoms with E-state index in [0.717, 1.165) is 17.0 Å². The zero-order chi connectivity index (χ0) is 35.7. The molecule has 2 aromatic rings. The third kappa shape index (κ3) is 7.15. The molecule has 2 aromatic carbocycles. The summed E-state index contributed by atoms with van der Waals surface area (Å²) in [6.07, 6.45) is -13.5. The van der Waals surface area contributed by atoms with E-state index < -0.39 is 98.3 Å². The summed E-state index contributed by atoms with van der Waals surface area (Å²) in [4.78, 5) is 26.6. The van der Waals surface area contributed by atoms with Gasteiger partial charge in [-0.1, -0.05) is 6.07 Å². The minimum absolute atomic E-state index is 0.0430. The molecule has 10 N–H and O–H groups in total. The maximum Gasteiger partial charge on any atom is 0.327 e. The highest BCUT2D eigenvalue weighted by Gasteiger charge is 2.46. The van der Waals surface area contributed by atoms with E-state index in [-0.39, 0.29) is 34.9 Å². The maximum atomic E-state index is 13.5. The quantitative estimate of drug-likeness (QED) is 0.110. The molecule has 0 spiro atoms. The number of hydrogen-bond acceptors (Lipinski definition) is 16. The van der Waals surface area contributed by atoms with Crippen molar-refractivity contribution in [1.82, 2.24) is 0 Å². The first kappa shape index (κ1) is 36.2. The highest BCUT2D eigenvalue weighted by Crippen LogP contribution is 2.42. The first-order valence-corrected chi connectivity index (χ1v) is 15.0. The Hall–Kier alpha value is -4.08. The molecule has 0 aromatic heterocycles. The molecule has 268 valence electrons. The number of anilines is 1. The van der Waals surface area contributed by atoms with E-state index in [4.69, 9.17) is 23.7 Å². The molecule has 1 amide bonds. The van der Waals surface area contributed by atoms with Gasteiger partial charge in [0, 0.05) is 18.6 Å². The molecule has 5 rings (SSSR count). The molecule has 0 unspecified atom stereocenters. The topological polar surface area (TPSA) is 286 Å². The van der Waals surface area contributed by atoms with Crippen molar-refractivity contribution in [2.45, 2.75) is 73.9 Å². The molecule has 18 heteroatoms. The van der Waals surface area contributed by atoms with Crippen molar-refractivity contribution in [3.05, 3.63) is 47.5 Å². The molecule has 3 aliphatic heterocycles. The van der Waals surface area contributed by atoms with Crippen molar-refractivity contribution >= 4 is 23.6 Å². The summed E-state index contributed by atoms with van der Waals surface area (Å²) in [6, 6.07) is 5.30. The Morgan fingerprint density at radius 1 is 0.816 bits per heavy atom. The smallest absolute Gasteiger partial charge is 0.327 e. The van der Waals surface area contributed by atoms with Crippen LogP contribution in [0.15, 0.2) is 36.4 Å². The zero-order valence-corrected chi connectivity index (χ0v) is 25.8. The van der Waals surface area contributed by atoms with Gasteiger partial charge in [0.25, 0.3) is 5.91 Å². The molecule has 0 aliphatic carbocycles. The first-order chi connectivity index (χ1) is 23.3. The Morgan fingerprint density at radius 2 is 1.39 bits per heavy atom. The third-order valence-corrected chi connectivity index (χ3v) is 8.46. The Balaban J connectivity index is 1.36. The largest absolute Gasteiger partial charge is 0.504 e. The molecule has 18 nitrogen and oxygen atoms in total. The summed E-state index contributed by atoms with van der Waals surface area (Å²) < 4.78 is 27.2. The van der Waals surface area contributed by atoms with Gasteiger partial charge < -0.3 is 74.7 Å². The number of methoxy groups -OCH3 is 1. The van der Waals surface area contributed by atoms with Gasteiger partial charge in [0.05, 0.1) is 26.0 Å². The number of benzene rings is 2. The number of aromatic hydroxyl groups is 1. The van der Waals surface area contributed by atoms with Crippen LogP contribution >= 0.6 is 0 Å². The van der Waals surface area contributed by atoms with Crippen LogP contribution in [0, 0.1) is 0 Å². The lowest BCUT2D eigenvalue weighted by atomic mass is 9.99. The van der Waals surface area contributed by atoms with Crippen molar-refractivity contribution in [1.29, 1.82) is 0 Å². The van der Waals surface area contributed by atoms with Gasteiger partial charge in [0.15, 0.2) is 23.0 Å². The number of phenols is 1. The summed E-state index contributed by atoms with van der Waals surface area (Å²) >= 11 is 0. The van der Waals surface area contributed by atoms with Crippen LogP contribution in [0.2, 0.25) is 0 Å². The van der Waals surface area contributed by atoms with E-state index in [9.17, 15) is 60.7 Å². The van der Waals surface area contributed by atoms with E-state index in [2.05, 4.69) is 0 Å². The average Bonchev–Trinajstić information content (AvgIpc) is 3.46. The molecular weight excluding hydrogens is 658 g/mol. The van der Waals surface area contributed by atoms with Gasteiger partial charge >= 0.3 is 5.97 Å². The number of aliphatic carboxylic acids is 1. The number of carboxylic acid groups (broad SMARTS) is 1. The summed E-state index contributed by atoms with van der Waals surface area (Å²) in [5.41, 5.74) is 0.722. The highest BCUT2D eigenvalue weighted by molar-refractivity contribution is 6.09. The fourth-order valence-electron chi connectivity index (χ4n) is 5.73. The predicted molar refractivity (Wildman–Crippen MR) is 162 cm³/mol. The van der Waals surface area contributed by atoms with E-state index in [0.29, 0.717) is 5.56 Å². The van der Waals surface area contributed by atoms with Gasteiger partial charge in [-0.3, -0.25) is 9.69 Å². The number of phenolic OH excluding ortho intramolecular Hbond substituents is 1. The van der Waals surface area contributed by atoms with Crippen molar-refractivity contribution in [3.63, 3.8) is 0 Å². The molecule has 49 heavy (non-hydrogen) atoms. The lowest BCUT2D eigenvalue weighted by Gasteiger charge is -2.39. The van der Waals surface area contributed by atoms with Crippen LogP contribution in [0.4, 0.5) is 5.69 Å². The van der Waals surface area contributed by atoms with Crippen LogP contribution in [0.3, 0.4) is 0 Å². The minimum atomic E-state index is -1.80. The highest BCUT2D eigenvalue weighted by atomic mass is 16.7. The van der Waals surface area contributed by atoms with Gasteiger partial charge in [-0.2, -0.15) is 0 Å². The van der Waals surface area contributed by atoms with E-state index in [1.54, 1.807) is 0 Å². The molecule has 2 fully saturated rings. The number of carbonyl (C=O) groups excluding carboxylic acids is 1. The Labute approximate surface area is 277 Å². The molecule has 3 aliphatic rings. The number of aliphatic hydroxyl groups is 8. The van der Waals surface area contributed by atoms with Crippen molar-refractivity contribution in [2.75, 3.05) is 25.2 Å². The number of amides is 1. The second kappa shape index (κ2) is 14.8. The third-order valence-electron chi connectivity index (χ3n) is 8.46. The van der Waals surface area contributed by atoms with Crippen LogP contribution in [0.5, 0.6) is 23.0 Å². The van der Waals surface area contributed by atoms with Gasteiger partial charge in [0.1, 0.15) is 54.9 Å². The molecule has 11 atom stereocenters. The summed E-state index contributed by atoms with van der Waals surface area (Å²) in [7, 11) is 1.31. The van der Waals surface area contributed by atoms with Crippen LogP contribution in [0.1, 0.15) is 11.1 Å². The van der Waals surface area contributed by atoms with E-state index >= 15 is 0 Å². The molecule has 2 saturated heterocycles. The second-order valence-corrected chi connectivity index (χ2v) is 11.6. The fourth-order valence-corrected chi connectivity index (χ4v) is 5.73. The molecule has 0 radical (unpaired) electrons. The van der Waals surface area contributed by atoms with Crippen molar-refractivity contribution < 1.29 is 84.3 Å². The zero-order valence-electron chi connectivity index (χ0n) is 25.8. The Kier molecular flexibility index (Phi) is 10.9. The Morgan fingerprint density at radius 3 is 1.92 bits per heavy atom. The van der Waals surface area contributed by atoms with E-state index in [1.807, 2.05) is 0 Å². The Bertz CT molecular complexity index is 1550. The summed E-state index contributed by atoms with van der Waals surface area (Å²) in [5.74, 6) is -2.83. The summed E-state index contributed by atoms with van der Waals surface area (Å²) in [6.45, 7) is -1.38. The van der Waals surface area contributed by atoms with Crippen LogP contribution in [-0.4, -0.2) is 151 Å². The fraction of sp³-hybridized carbons (Fsp3) is 0.484. The van der Waals surface area contributed by atoms with Crippen LogP contribution < -0.4 is 19.1 Å². The molecular formula is C31H37NO17. The van der Waals surface area contributed by atoms with Gasteiger partial charge in [-0.05, 0) is 35.4 Å². The number of fused-ring (bicyclic) bond motifs is 1. The first-order valence-electron chi connectivity index (χ1n) is 15.0. The monoisotopic (exact) mass is 695 g/mol. The molecule has 0 saturated carbocycles. The molecule has 0 bridgehead atoms. The SMILES string of the molecule is COc1cc(/C=C/C(=O)N2c3cc(O[C@@H]4O[C@H](CO)[C@@H](O)[C@H](O)[C@H]4O)c(O)cc3C[C@@H]2C(=O)O)ccc1O[C@@H]1O[C@H](CO)[C@@H](O)[C@H](O)[C@H]1O. The van der Waals surface area contributed by atoms with Crippen LogP contribution in [-0.2, 0) is 25.5 Å². The lowest BCUT2D eigenvalue weighted by Crippen LogP contribution is -2.60. The van der Waals surface area contributed by atoms with E-state index in [1.165, 1.54) is 37.5 Å². The normalized spacial score (nSPS) is 32.9. The maximum absolute atomic E-state index is 13.5. The lowest BCUT2D eigenvalue weighted by molar-refractivity contribution is -0.277. The predicted octanol–water partition coefficient (Wildman–Crippen LogP) is -3.19. The minimum Gasteiger partial charge on any atom is -0.504 e. The van der Waals surface area contributed by atoms with Crippen molar-refractivity contribution in [3.8, 4) is 23.0 Å². The number of carboxylic acids is 1. The number of ether oxygens (including phenoxy) is 5. The number of nitrogens with zero attached hydrogens (tertiary/aromatic N) is 1. The number of hydrogen-bond donors (Lipinski definition) is 10. The second-order valence-electron chi connectivity index (χ2n) is 11.6. The van der Waals surface area contributed by atoms with Gasteiger partial charge in [-0.25, -0.2) is 4.79 Å². The van der Waals surface area contributed by atoms with Gasteiger partial charge in [0.2, 0.25) is 12.6 Å². The number of rotatable bonds is 10. The number of carbonyl (C=O) groups is 2. The van der Waals surface area contributed by atoms with Gasteiger partial charge in [-0.15, -0.1) is 0 Å². The summed E-state index contributed by atoms with van der Waals surface area (Å²) in [5, 5.41) is 100.